The quantitative estimate of drug-likeness (QED) is 0.208. The van der Waals surface area contributed by atoms with Crippen molar-refractivity contribution in [3.63, 3.8) is 0 Å². The van der Waals surface area contributed by atoms with Crippen molar-refractivity contribution in [1.82, 2.24) is 0 Å². The van der Waals surface area contributed by atoms with E-state index in [2.05, 4.69) is 45.9 Å². The molecule has 2 aromatic carbocycles. The molecule has 170 valence electrons. The highest BCUT2D eigenvalue weighted by molar-refractivity contribution is 6.86. The van der Waals surface area contributed by atoms with E-state index in [0.29, 0.717) is 5.75 Å². The first-order chi connectivity index (χ1) is 14.9. The van der Waals surface area contributed by atoms with Crippen LogP contribution in [0.4, 0.5) is 0 Å². The van der Waals surface area contributed by atoms with Gasteiger partial charge in [0.25, 0.3) is 0 Å². The molecule has 0 unspecified atom stereocenters. The topological polar surface area (TPSA) is 44.8 Å². The summed E-state index contributed by atoms with van der Waals surface area (Å²) in [5, 5.41) is 0. The molecule has 0 aliphatic heterocycles. The molecule has 6 heteroatoms. The first kappa shape index (κ1) is 25.4. The van der Waals surface area contributed by atoms with Gasteiger partial charge in [0.2, 0.25) is 0 Å². The third-order valence-corrected chi connectivity index (χ3v) is 17.1. The molecule has 0 aliphatic rings. The fourth-order valence-electron chi connectivity index (χ4n) is 4.27. The van der Waals surface area contributed by atoms with Crippen LogP contribution in [0.25, 0.3) is 0 Å². The molecular weight excluding hydrogens is 420 g/mol. The Hall–Kier alpha value is -1.90. The zero-order valence-corrected chi connectivity index (χ0v) is 22.0. The second-order valence-corrected chi connectivity index (χ2v) is 17.3. The Balaban J connectivity index is 2.39. The van der Waals surface area contributed by atoms with Gasteiger partial charge in [-0.2, -0.15) is 0 Å². The van der Waals surface area contributed by atoms with E-state index in [4.69, 9.17) is 13.6 Å². The predicted octanol–water partition coefficient (Wildman–Crippen LogP) is 6.47. The summed E-state index contributed by atoms with van der Waals surface area (Å²) >= 11 is 0. The van der Waals surface area contributed by atoms with Crippen LogP contribution < -0.4 is 9.47 Å². The molecule has 0 fully saturated rings. The van der Waals surface area contributed by atoms with E-state index in [1.54, 1.807) is 7.11 Å². The number of carbonyl (C=O) groups excluding carboxylic acids is 1. The van der Waals surface area contributed by atoms with Gasteiger partial charge in [-0.15, -0.1) is 0 Å². The molecule has 0 atom stereocenters. The summed E-state index contributed by atoms with van der Waals surface area (Å²) in [7, 11) is -2.39. The first-order valence-corrected chi connectivity index (χ1v) is 16.5. The number of esters is 1. The number of para-hydroxylation sites is 2. The third-order valence-electron chi connectivity index (χ3n) is 6.45. The Morgan fingerprint density at radius 3 is 1.58 bits per heavy atom. The highest BCUT2D eigenvalue weighted by atomic mass is 28.4. The van der Waals surface area contributed by atoms with Crippen LogP contribution in [-0.2, 0) is 21.0 Å². The Labute approximate surface area is 190 Å². The minimum absolute atomic E-state index is 0.282. The summed E-state index contributed by atoms with van der Waals surface area (Å²) in [6, 6.07) is 22.3. The number of hydrogen-bond donors (Lipinski definition) is 0. The fourth-order valence-corrected chi connectivity index (χ4v) is 14.8. The van der Waals surface area contributed by atoms with Gasteiger partial charge in [0, 0.05) is 6.92 Å². The van der Waals surface area contributed by atoms with Gasteiger partial charge in [-0.1, -0.05) is 64.1 Å². The zero-order chi connectivity index (χ0) is 22.9. The van der Waals surface area contributed by atoms with Crippen LogP contribution in [-0.4, -0.2) is 29.7 Å². The van der Waals surface area contributed by atoms with Gasteiger partial charge in [0.1, 0.15) is 11.5 Å². The van der Waals surface area contributed by atoms with E-state index >= 15 is 0 Å². The van der Waals surface area contributed by atoms with Crippen molar-refractivity contribution in [3.8, 4) is 11.5 Å². The molecule has 0 amide bonds. The lowest BCUT2D eigenvalue weighted by atomic mass is 10.2. The van der Waals surface area contributed by atoms with Gasteiger partial charge in [-0.25, -0.2) is 0 Å². The lowest BCUT2D eigenvalue weighted by Gasteiger charge is -2.41. The minimum atomic E-state index is -2.10. The van der Waals surface area contributed by atoms with Gasteiger partial charge in [0.15, 0.2) is 16.6 Å². The van der Waals surface area contributed by atoms with Crippen LogP contribution in [0.5, 0.6) is 11.5 Å². The molecule has 4 nitrogen and oxygen atoms in total. The van der Waals surface area contributed by atoms with Crippen molar-refractivity contribution in [1.29, 1.82) is 0 Å². The number of rotatable bonds is 12. The van der Waals surface area contributed by atoms with Gasteiger partial charge >= 0.3 is 5.97 Å². The van der Waals surface area contributed by atoms with Crippen LogP contribution >= 0.6 is 0 Å². The number of carbonyl (C=O) groups is 1. The van der Waals surface area contributed by atoms with Crippen molar-refractivity contribution < 1.29 is 18.4 Å². The molecule has 2 rings (SSSR count). The van der Waals surface area contributed by atoms with E-state index in [1.165, 1.54) is 12.5 Å². The summed E-state index contributed by atoms with van der Waals surface area (Å²) in [5.74, 6) is 1.34. The Bertz CT molecular complexity index is 845. The van der Waals surface area contributed by atoms with Crippen molar-refractivity contribution in [2.75, 3.05) is 7.11 Å². The number of ether oxygens (including phenoxy) is 2. The monoisotopic (exact) mass is 458 g/mol. The summed E-state index contributed by atoms with van der Waals surface area (Å²) in [4.78, 5) is 11.6. The molecule has 2 aromatic rings. The van der Waals surface area contributed by atoms with E-state index in [-0.39, 0.29) is 5.97 Å². The maximum Gasteiger partial charge on any atom is 0.308 e. The highest BCUT2D eigenvalue weighted by Gasteiger charge is 2.42. The maximum absolute atomic E-state index is 11.6. The molecule has 31 heavy (non-hydrogen) atoms. The summed E-state index contributed by atoms with van der Waals surface area (Å²) in [6.07, 6.45) is 0. The smallest absolute Gasteiger partial charge is 0.308 e. The predicted molar refractivity (Wildman–Crippen MR) is 133 cm³/mol. The van der Waals surface area contributed by atoms with Crippen LogP contribution in [0, 0.1) is 0 Å². The SMILES string of the molecule is CC[Si](CC)(Cc1ccccc1OC)O[Si](CC)(CC)Cc1ccccc1OC(C)=O. The second-order valence-electron chi connectivity index (χ2n) is 8.25. The zero-order valence-electron chi connectivity index (χ0n) is 20.0. The maximum atomic E-state index is 11.6. The lowest BCUT2D eigenvalue weighted by molar-refractivity contribution is -0.131. The van der Waals surface area contributed by atoms with Crippen LogP contribution in [0.1, 0.15) is 45.7 Å². The second kappa shape index (κ2) is 11.6. The van der Waals surface area contributed by atoms with Crippen LogP contribution in [0.3, 0.4) is 0 Å². The van der Waals surface area contributed by atoms with Gasteiger partial charge in [-0.05, 0) is 59.5 Å². The first-order valence-electron chi connectivity index (χ1n) is 11.4. The van der Waals surface area contributed by atoms with Gasteiger partial charge < -0.3 is 13.6 Å². The molecule has 0 aromatic heterocycles. The standard InChI is InChI=1S/C25H38O4Si2/c1-7-30(8-2,19-22-15-11-13-17-24(22)27-6)29-31(9-3,10-4)20-23-16-12-14-18-25(23)28-21(5)26/h11-18H,7-10,19-20H2,1-6H3. The average Bonchev–Trinajstić information content (AvgIpc) is 2.79. The van der Waals surface area contributed by atoms with E-state index in [1.807, 2.05) is 30.3 Å². The molecule has 0 aliphatic carbocycles. The fraction of sp³-hybridized carbons (Fsp3) is 0.480. The summed E-state index contributed by atoms with van der Waals surface area (Å²) in [5.41, 5.74) is 2.33. The molecular formula is C25H38O4Si2. The third kappa shape index (κ3) is 6.54. The van der Waals surface area contributed by atoms with Crippen molar-refractivity contribution in [3.05, 3.63) is 59.7 Å². The van der Waals surface area contributed by atoms with Crippen molar-refractivity contribution in [2.24, 2.45) is 0 Å². The minimum Gasteiger partial charge on any atom is -0.496 e. The molecule has 0 bridgehead atoms. The van der Waals surface area contributed by atoms with E-state index in [9.17, 15) is 4.79 Å². The molecule has 0 saturated carbocycles. The summed E-state index contributed by atoms with van der Waals surface area (Å²) < 4.78 is 18.5. The Morgan fingerprint density at radius 2 is 1.16 bits per heavy atom. The van der Waals surface area contributed by atoms with Crippen molar-refractivity contribution in [2.45, 2.75) is 70.9 Å². The van der Waals surface area contributed by atoms with Crippen molar-refractivity contribution >= 4 is 22.6 Å². The van der Waals surface area contributed by atoms with Gasteiger partial charge in [-0.3, -0.25) is 4.79 Å². The largest absolute Gasteiger partial charge is 0.496 e. The molecule has 0 spiro atoms. The molecule has 0 radical (unpaired) electrons. The Kier molecular flexibility index (Phi) is 9.53. The number of benzene rings is 2. The molecule has 0 heterocycles. The van der Waals surface area contributed by atoms with Gasteiger partial charge in [0.05, 0.1) is 7.11 Å². The average molecular weight is 459 g/mol. The Morgan fingerprint density at radius 1 is 0.742 bits per heavy atom. The summed E-state index contributed by atoms with van der Waals surface area (Å²) in [6.45, 7) is 10.5. The van der Waals surface area contributed by atoms with Crippen LogP contribution in [0.15, 0.2) is 48.5 Å². The molecule has 0 saturated heterocycles. The normalized spacial score (nSPS) is 11.9. The lowest BCUT2D eigenvalue weighted by Crippen LogP contribution is -2.53. The van der Waals surface area contributed by atoms with Crippen LogP contribution in [0.2, 0.25) is 24.2 Å². The number of methoxy groups -OCH3 is 1. The number of hydrogen-bond acceptors (Lipinski definition) is 4. The molecule has 0 N–H and O–H groups in total. The van der Waals surface area contributed by atoms with E-state index in [0.717, 1.165) is 47.6 Å². The highest BCUT2D eigenvalue weighted by Crippen LogP contribution is 2.35. The van der Waals surface area contributed by atoms with E-state index < -0.39 is 16.6 Å².